The molecule has 1 aliphatic heterocycles. The molecular weight excluding hydrogens is 395 g/mol. The summed E-state index contributed by atoms with van der Waals surface area (Å²) < 4.78 is 19.3. The van der Waals surface area contributed by atoms with Crippen LogP contribution in [0.4, 0.5) is 9.52 Å². The summed E-state index contributed by atoms with van der Waals surface area (Å²) in [6.45, 7) is 5.09. The van der Waals surface area contributed by atoms with Gasteiger partial charge in [-0.1, -0.05) is 12.1 Å². The lowest BCUT2D eigenvalue weighted by Crippen LogP contribution is -2.44. The van der Waals surface area contributed by atoms with Gasteiger partial charge in [0.25, 0.3) is 0 Å². The van der Waals surface area contributed by atoms with Crippen molar-refractivity contribution in [3.63, 3.8) is 0 Å². The second-order valence-corrected chi connectivity index (χ2v) is 9.34. The van der Waals surface area contributed by atoms with E-state index in [1.807, 2.05) is 11.4 Å². The van der Waals surface area contributed by atoms with Crippen LogP contribution in [-0.4, -0.2) is 24.1 Å². The van der Waals surface area contributed by atoms with E-state index in [1.54, 1.807) is 17.4 Å². The van der Waals surface area contributed by atoms with E-state index in [1.165, 1.54) is 33.2 Å². The first-order valence-corrected chi connectivity index (χ1v) is 10.9. The summed E-state index contributed by atoms with van der Waals surface area (Å²) in [5.74, 6) is -0.489. The summed E-state index contributed by atoms with van der Waals surface area (Å²) in [6, 6.07) is 8.44. The van der Waals surface area contributed by atoms with Gasteiger partial charge in [-0.3, -0.25) is 4.79 Å². The van der Waals surface area contributed by atoms with E-state index in [2.05, 4.69) is 30.2 Å². The van der Waals surface area contributed by atoms with Gasteiger partial charge in [0.15, 0.2) is 5.13 Å². The van der Waals surface area contributed by atoms with Gasteiger partial charge < -0.3 is 10.1 Å². The van der Waals surface area contributed by atoms with Crippen LogP contribution >= 0.6 is 22.7 Å². The number of ether oxygens (including phenoxy) is 1. The monoisotopic (exact) mass is 416 g/mol. The maximum absolute atomic E-state index is 13.8. The Bertz CT molecular complexity index is 1010. The van der Waals surface area contributed by atoms with Crippen molar-refractivity contribution < 1.29 is 13.9 Å². The molecule has 146 valence electrons. The number of benzene rings is 1. The molecule has 0 bridgehead atoms. The highest BCUT2D eigenvalue weighted by Gasteiger charge is 2.42. The fourth-order valence-corrected chi connectivity index (χ4v) is 5.35. The van der Waals surface area contributed by atoms with Crippen molar-refractivity contribution >= 4 is 33.7 Å². The number of nitrogens with zero attached hydrogens (tertiary/aromatic N) is 1. The second kappa shape index (κ2) is 7.73. The quantitative estimate of drug-likeness (QED) is 0.627. The smallest absolute Gasteiger partial charge is 0.236 e. The zero-order valence-corrected chi connectivity index (χ0v) is 17.4. The largest absolute Gasteiger partial charge is 0.381 e. The minimum atomic E-state index is -0.804. The summed E-state index contributed by atoms with van der Waals surface area (Å²) in [5.41, 5.74) is 1.86. The molecule has 1 aromatic carbocycles. The van der Waals surface area contributed by atoms with Crippen LogP contribution in [0.1, 0.15) is 28.2 Å². The van der Waals surface area contributed by atoms with Crippen LogP contribution in [0.5, 0.6) is 0 Å². The number of hydrogen-bond donors (Lipinski definition) is 1. The SMILES string of the molecule is Cc1cc(-c2csc(NC(=O)C3(c4cccc(F)c4)CCOCC3)n2)c(C)s1. The van der Waals surface area contributed by atoms with Gasteiger partial charge in [0.2, 0.25) is 5.91 Å². The van der Waals surface area contributed by atoms with E-state index in [9.17, 15) is 9.18 Å². The standard InChI is InChI=1S/C21H21FN2O2S2/c1-13-10-17(14(2)28-13)18-12-27-20(23-18)24-19(25)21(6-8-26-9-7-21)15-4-3-5-16(22)11-15/h3-5,10-12H,6-9H2,1-2H3,(H,23,24,25). The molecule has 3 aromatic rings. The van der Waals surface area contributed by atoms with Gasteiger partial charge in [0.1, 0.15) is 5.82 Å². The number of nitrogens with one attached hydrogen (secondary N) is 1. The molecule has 1 amide bonds. The molecule has 28 heavy (non-hydrogen) atoms. The first-order chi connectivity index (χ1) is 13.5. The van der Waals surface area contributed by atoms with Crippen LogP contribution in [0.2, 0.25) is 0 Å². The number of rotatable bonds is 4. The van der Waals surface area contributed by atoms with Crippen molar-refractivity contribution in [2.45, 2.75) is 32.1 Å². The zero-order valence-electron chi connectivity index (χ0n) is 15.8. The summed E-state index contributed by atoms with van der Waals surface area (Å²) in [5, 5.41) is 5.50. The second-order valence-electron chi connectivity index (χ2n) is 7.02. The Hall–Kier alpha value is -2.09. The molecular formula is C21H21FN2O2S2. The topological polar surface area (TPSA) is 51.2 Å². The molecule has 0 aliphatic carbocycles. The molecule has 1 fully saturated rings. The highest BCUT2D eigenvalue weighted by atomic mass is 32.1. The van der Waals surface area contributed by atoms with Crippen molar-refractivity contribution in [2.75, 3.05) is 18.5 Å². The lowest BCUT2D eigenvalue weighted by Gasteiger charge is -2.36. The Morgan fingerprint density at radius 3 is 2.71 bits per heavy atom. The zero-order chi connectivity index (χ0) is 19.7. The molecule has 4 rings (SSSR count). The average Bonchev–Trinajstić information content (AvgIpc) is 3.27. The van der Waals surface area contributed by atoms with E-state index in [4.69, 9.17) is 4.74 Å². The maximum Gasteiger partial charge on any atom is 0.236 e. The Morgan fingerprint density at radius 2 is 2.04 bits per heavy atom. The number of amides is 1. The molecule has 3 heterocycles. The highest BCUT2D eigenvalue weighted by Crippen LogP contribution is 2.38. The third-order valence-electron chi connectivity index (χ3n) is 5.20. The number of carbonyl (C=O) groups is 1. The van der Waals surface area contributed by atoms with Crippen LogP contribution in [0.15, 0.2) is 35.7 Å². The predicted molar refractivity (Wildman–Crippen MR) is 112 cm³/mol. The third kappa shape index (κ3) is 3.62. The number of anilines is 1. The number of thiazole rings is 1. The molecule has 1 saturated heterocycles. The van der Waals surface area contributed by atoms with Crippen LogP contribution in [0.3, 0.4) is 0 Å². The van der Waals surface area contributed by atoms with E-state index in [0.29, 0.717) is 36.8 Å². The van der Waals surface area contributed by atoms with Crippen molar-refractivity contribution in [1.82, 2.24) is 4.98 Å². The average molecular weight is 417 g/mol. The summed E-state index contributed by atoms with van der Waals surface area (Å²) in [4.78, 5) is 20.4. The van der Waals surface area contributed by atoms with E-state index < -0.39 is 5.41 Å². The number of halogens is 1. The fraction of sp³-hybridized carbons (Fsp3) is 0.333. The number of hydrogen-bond acceptors (Lipinski definition) is 5. The lowest BCUT2D eigenvalue weighted by molar-refractivity contribution is -0.125. The maximum atomic E-state index is 13.8. The van der Waals surface area contributed by atoms with Crippen molar-refractivity contribution in [3.8, 4) is 11.3 Å². The van der Waals surface area contributed by atoms with Gasteiger partial charge in [0, 0.05) is 33.9 Å². The Morgan fingerprint density at radius 1 is 1.25 bits per heavy atom. The van der Waals surface area contributed by atoms with Gasteiger partial charge in [-0.25, -0.2) is 9.37 Å². The van der Waals surface area contributed by atoms with E-state index in [0.717, 1.165) is 11.3 Å². The van der Waals surface area contributed by atoms with Gasteiger partial charge in [-0.05, 0) is 50.5 Å². The summed E-state index contributed by atoms with van der Waals surface area (Å²) in [7, 11) is 0. The Balaban J connectivity index is 1.61. The predicted octanol–water partition coefficient (Wildman–Crippen LogP) is 5.31. The van der Waals surface area contributed by atoms with Crippen molar-refractivity contribution in [2.24, 2.45) is 0 Å². The van der Waals surface area contributed by atoms with E-state index in [-0.39, 0.29) is 11.7 Å². The molecule has 0 spiro atoms. The number of thiophene rings is 1. The molecule has 0 radical (unpaired) electrons. The summed E-state index contributed by atoms with van der Waals surface area (Å²) >= 11 is 3.14. The van der Waals surface area contributed by atoms with Crippen molar-refractivity contribution in [3.05, 3.63) is 56.8 Å². The molecule has 1 N–H and O–H groups in total. The molecule has 2 aromatic heterocycles. The molecule has 0 saturated carbocycles. The first kappa shape index (κ1) is 19.2. The van der Waals surface area contributed by atoms with Crippen LogP contribution in [-0.2, 0) is 14.9 Å². The van der Waals surface area contributed by atoms with Crippen LogP contribution in [0.25, 0.3) is 11.3 Å². The fourth-order valence-electron chi connectivity index (χ4n) is 3.71. The minimum absolute atomic E-state index is 0.152. The minimum Gasteiger partial charge on any atom is -0.381 e. The third-order valence-corrected chi connectivity index (χ3v) is 6.92. The molecule has 7 heteroatoms. The molecule has 0 atom stereocenters. The number of carbonyl (C=O) groups excluding carboxylic acids is 1. The molecule has 4 nitrogen and oxygen atoms in total. The molecule has 1 aliphatic rings. The van der Waals surface area contributed by atoms with Crippen LogP contribution < -0.4 is 5.32 Å². The van der Waals surface area contributed by atoms with Gasteiger partial charge in [-0.15, -0.1) is 22.7 Å². The first-order valence-electron chi connectivity index (χ1n) is 9.16. The van der Waals surface area contributed by atoms with Crippen LogP contribution in [0, 0.1) is 19.7 Å². The molecule has 0 unspecified atom stereocenters. The van der Waals surface area contributed by atoms with E-state index >= 15 is 0 Å². The lowest BCUT2D eigenvalue weighted by atomic mass is 9.73. The van der Waals surface area contributed by atoms with Crippen molar-refractivity contribution in [1.29, 1.82) is 0 Å². The van der Waals surface area contributed by atoms with Gasteiger partial charge in [-0.2, -0.15) is 0 Å². The summed E-state index contributed by atoms with van der Waals surface area (Å²) in [6.07, 6.45) is 1.03. The highest BCUT2D eigenvalue weighted by molar-refractivity contribution is 7.14. The Kier molecular flexibility index (Phi) is 5.31. The number of aromatic nitrogens is 1. The van der Waals surface area contributed by atoms with Gasteiger partial charge >= 0.3 is 0 Å². The Labute approximate surface area is 171 Å². The normalized spacial score (nSPS) is 16.1. The number of aryl methyl sites for hydroxylation is 2. The van der Waals surface area contributed by atoms with Gasteiger partial charge in [0.05, 0.1) is 11.1 Å².